The van der Waals surface area contributed by atoms with Crippen LogP contribution in [-0.4, -0.2) is 37.8 Å². The lowest BCUT2D eigenvalue weighted by molar-refractivity contribution is -0.128. The molecule has 0 bridgehead atoms. The van der Waals surface area contributed by atoms with Crippen molar-refractivity contribution < 1.29 is 13.2 Å². The highest BCUT2D eigenvalue weighted by Gasteiger charge is 2.39. The van der Waals surface area contributed by atoms with Crippen LogP contribution in [-0.2, 0) is 20.6 Å². The summed E-state index contributed by atoms with van der Waals surface area (Å²) >= 11 is 0. The molecule has 21 heavy (non-hydrogen) atoms. The number of nitrogens with zero attached hydrogens (tertiary/aromatic N) is 1. The third-order valence-electron chi connectivity index (χ3n) is 3.80. The lowest BCUT2D eigenvalue weighted by atomic mass is 10.0. The van der Waals surface area contributed by atoms with Gasteiger partial charge < -0.3 is 5.32 Å². The number of nitrogens with one attached hydrogen (secondary N) is 1. The van der Waals surface area contributed by atoms with E-state index in [0.29, 0.717) is 13.1 Å². The van der Waals surface area contributed by atoms with Gasteiger partial charge in [-0.05, 0) is 24.0 Å². The summed E-state index contributed by atoms with van der Waals surface area (Å²) in [6, 6.07) is 6.82. The van der Waals surface area contributed by atoms with E-state index < -0.39 is 16.1 Å². The molecule has 5 nitrogen and oxygen atoms in total. The van der Waals surface area contributed by atoms with E-state index in [-0.39, 0.29) is 17.6 Å². The van der Waals surface area contributed by atoms with Crippen molar-refractivity contribution in [3.05, 3.63) is 35.4 Å². The van der Waals surface area contributed by atoms with Gasteiger partial charge in [-0.2, -0.15) is 4.31 Å². The zero-order chi connectivity index (χ0) is 15.6. The van der Waals surface area contributed by atoms with Crippen LogP contribution in [0.1, 0.15) is 25.0 Å². The molecular weight excluding hydrogens is 288 g/mol. The average Bonchev–Trinajstić information content (AvgIpc) is 2.40. The summed E-state index contributed by atoms with van der Waals surface area (Å²) < 4.78 is 26.8. The fourth-order valence-electron chi connectivity index (χ4n) is 2.66. The third-order valence-corrected chi connectivity index (χ3v) is 5.60. The second kappa shape index (κ2) is 6.15. The van der Waals surface area contributed by atoms with Gasteiger partial charge in [0, 0.05) is 13.1 Å². The van der Waals surface area contributed by atoms with Crippen LogP contribution in [0.15, 0.2) is 24.3 Å². The zero-order valence-corrected chi connectivity index (χ0v) is 13.5. The van der Waals surface area contributed by atoms with Crippen molar-refractivity contribution >= 4 is 15.9 Å². The molecule has 6 heteroatoms. The fraction of sp³-hybridized carbons (Fsp3) is 0.533. The molecule has 1 atom stereocenters. The molecule has 1 fully saturated rings. The molecule has 116 valence electrons. The van der Waals surface area contributed by atoms with Crippen molar-refractivity contribution in [2.45, 2.75) is 32.6 Å². The van der Waals surface area contributed by atoms with E-state index in [2.05, 4.69) is 5.32 Å². The minimum absolute atomic E-state index is 0.0584. The molecule has 1 amide bonds. The van der Waals surface area contributed by atoms with Crippen LogP contribution < -0.4 is 5.32 Å². The van der Waals surface area contributed by atoms with Crippen LogP contribution in [0.4, 0.5) is 0 Å². The number of benzene rings is 1. The Morgan fingerprint density at radius 2 is 2.00 bits per heavy atom. The number of amides is 1. The van der Waals surface area contributed by atoms with Crippen LogP contribution in [0.5, 0.6) is 0 Å². The molecule has 1 unspecified atom stereocenters. The van der Waals surface area contributed by atoms with Crippen molar-refractivity contribution in [3.8, 4) is 0 Å². The predicted molar refractivity (Wildman–Crippen MR) is 82.1 cm³/mol. The van der Waals surface area contributed by atoms with Gasteiger partial charge in [0.1, 0.15) is 6.04 Å². The van der Waals surface area contributed by atoms with E-state index in [4.69, 9.17) is 0 Å². The maximum absolute atomic E-state index is 12.7. The molecule has 0 aliphatic carbocycles. The molecular formula is C15H22N2O3S. The number of hydrogen-bond acceptors (Lipinski definition) is 3. The maximum Gasteiger partial charge on any atom is 0.238 e. The number of hydrogen-bond donors (Lipinski definition) is 1. The number of aryl methyl sites for hydroxylation is 1. The molecule has 1 saturated heterocycles. The smallest absolute Gasteiger partial charge is 0.238 e. The largest absolute Gasteiger partial charge is 0.353 e. The summed E-state index contributed by atoms with van der Waals surface area (Å²) in [5, 5.41) is 2.75. The predicted octanol–water partition coefficient (Wildman–Crippen LogP) is 1.28. The Bertz CT molecular complexity index is 626. The molecule has 0 radical (unpaired) electrons. The van der Waals surface area contributed by atoms with E-state index >= 15 is 0 Å². The van der Waals surface area contributed by atoms with E-state index in [9.17, 15) is 13.2 Å². The second-order valence-electron chi connectivity index (χ2n) is 5.77. The normalized spacial score (nSPS) is 20.6. The lowest BCUT2D eigenvalue weighted by Gasteiger charge is -2.36. The number of sulfonamides is 1. The summed E-state index contributed by atoms with van der Waals surface area (Å²) in [7, 11) is -3.51. The second-order valence-corrected chi connectivity index (χ2v) is 7.69. The van der Waals surface area contributed by atoms with Gasteiger partial charge >= 0.3 is 0 Å². The standard InChI is InChI=1S/C15H22N2O3S/c1-11(2)14-15(18)16-8-9-17(14)21(19,20)10-13-7-5-4-6-12(13)3/h4-7,11,14H,8-10H2,1-3H3,(H,16,18). The van der Waals surface area contributed by atoms with E-state index in [0.717, 1.165) is 11.1 Å². The first-order valence-corrected chi connectivity index (χ1v) is 8.75. The molecule has 1 aliphatic rings. The Morgan fingerprint density at radius 1 is 1.33 bits per heavy atom. The monoisotopic (exact) mass is 310 g/mol. The highest BCUT2D eigenvalue weighted by atomic mass is 32.2. The minimum atomic E-state index is -3.51. The quantitative estimate of drug-likeness (QED) is 0.911. The lowest BCUT2D eigenvalue weighted by Crippen LogP contribution is -2.59. The number of piperazine rings is 1. The Kier molecular flexibility index (Phi) is 4.68. The van der Waals surface area contributed by atoms with Gasteiger partial charge in [0.25, 0.3) is 0 Å². The van der Waals surface area contributed by atoms with Gasteiger partial charge in [0.15, 0.2) is 0 Å². The van der Waals surface area contributed by atoms with E-state index in [1.165, 1.54) is 4.31 Å². The topological polar surface area (TPSA) is 66.5 Å². The van der Waals surface area contributed by atoms with Gasteiger partial charge in [-0.1, -0.05) is 38.1 Å². The maximum atomic E-state index is 12.7. The fourth-order valence-corrected chi connectivity index (χ4v) is 4.60. The molecule has 0 saturated carbocycles. The third kappa shape index (κ3) is 3.44. The number of rotatable bonds is 4. The van der Waals surface area contributed by atoms with Crippen molar-refractivity contribution in [1.29, 1.82) is 0 Å². The Hall–Kier alpha value is -1.40. The van der Waals surface area contributed by atoms with Crippen LogP contribution in [0.2, 0.25) is 0 Å². The molecule has 1 aliphatic heterocycles. The first kappa shape index (κ1) is 16.0. The Balaban J connectivity index is 2.29. The summed E-state index contributed by atoms with van der Waals surface area (Å²) in [5.41, 5.74) is 1.73. The first-order valence-electron chi connectivity index (χ1n) is 7.14. The van der Waals surface area contributed by atoms with Crippen LogP contribution >= 0.6 is 0 Å². The molecule has 0 aromatic heterocycles. The zero-order valence-electron chi connectivity index (χ0n) is 12.7. The van der Waals surface area contributed by atoms with Gasteiger partial charge in [-0.3, -0.25) is 4.79 Å². The molecule has 1 aromatic rings. The molecule has 1 heterocycles. The van der Waals surface area contributed by atoms with Gasteiger partial charge in [-0.15, -0.1) is 0 Å². The van der Waals surface area contributed by atoms with Crippen LogP contribution in [0.3, 0.4) is 0 Å². The first-order chi connectivity index (χ1) is 9.83. The molecule has 1 aromatic carbocycles. The Morgan fingerprint density at radius 3 is 2.62 bits per heavy atom. The molecule has 0 spiro atoms. The van der Waals surface area contributed by atoms with Crippen LogP contribution in [0.25, 0.3) is 0 Å². The molecule has 1 N–H and O–H groups in total. The van der Waals surface area contributed by atoms with E-state index in [1.807, 2.05) is 45.0 Å². The van der Waals surface area contributed by atoms with Crippen molar-refractivity contribution in [1.82, 2.24) is 9.62 Å². The van der Waals surface area contributed by atoms with Gasteiger partial charge in [0.05, 0.1) is 5.75 Å². The Labute approximate surface area is 126 Å². The number of carbonyl (C=O) groups is 1. The average molecular weight is 310 g/mol. The highest BCUT2D eigenvalue weighted by molar-refractivity contribution is 7.88. The summed E-state index contributed by atoms with van der Waals surface area (Å²) in [6.45, 7) is 6.34. The summed E-state index contributed by atoms with van der Waals surface area (Å²) in [6.07, 6.45) is 0. The van der Waals surface area contributed by atoms with Crippen molar-refractivity contribution in [2.75, 3.05) is 13.1 Å². The van der Waals surface area contributed by atoms with Crippen LogP contribution in [0, 0.1) is 12.8 Å². The SMILES string of the molecule is Cc1ccccc1CS(=O)(=O)N1CCNC(=O)C1C(C)C. The molecule has 2 rings (SSSR count). The number of carbonyl (C=O) groups excluding carboxylic acids is 1. The van der Waals surface area contributed by atoms with Crippen molar-refractivity contribution in [3.63, 3.8) is 0 Å². The summed E-state index contributed by atoms with van der Waals surface area (Å²) in [5.74, 6) is -0.322. The van der Waals surface area contributed by atoms with E-state index in [1.54, 1.807) is 0 Å². The minimum Gasteiger partial charge on any atom is -0.353 e. The summed E-state index contributed by atoms with van der Waals surface area (Å²) in [4.78, 5) is 12.0. The van der Waals surface area contributed by atoms with Gasteiger partial charge in [0.2, 0.25) is 15.9 Å². The van der Waals surface area contributed by atoms with Gasteiger partial charge in [-0.25, -0.2) is 8.42 Å². The highest BCUT2D eigenvalue weighted by Crippen LogP contribution is 2.22. The van der Waals surface area contributed by atoms with Crippen molar-refractivity contribution in [2.24, 2.45) is 5.92 Å².